The molecule has 9 heteroatoms. The summed E-state index contributed by atoms with van der Waals surface area (Å²) in [6.07, 6.45) is 0. The Balaban J connectivity index is 1.99. The molecule has 2 N–H and O–H groups in total. The van der Waals surface area contributed by atoms with Crippen molar-refractivity contribution in [3.05, 3.63) is 81.2 Å². The van der Waals surface area contributed by atoms with Gasteiger partial charge in [-0.15, -0.1) is 0 Å². The van der Waals surface area contributed by atoms with E-state index < -0.39 is 20.9 Å². The number of hydrogen-bond donors (Lipinski definition) is 1. The topological polar surface area (TPSA) is 130 Å². The van der Waals surface area contributed by atoms with Gasteiger partial charge in [0, 0.05) is 24.6 Å². The van der Waals surface area contributed by atoms with Crippen LogP contribution in [0.4, 0.5) is 5.69 Å². The van der Waals surface area contributed by atoms with Gasteiger partial charge in [-0.1, -0.05) is 29.8 Å². The number of nitro benzene ring substituents is 1. The molecule has 138 valence electrons. The molecule has 1 aliphatic heterocycles. The van der Waals surface area contributed by atoms with Crippen LogP contribution < -0.4 is 5.73 Å². The number of nitriles is 1. The first-order valence-corrected chi connectivity index (χ1v) is 9.43. The fourth-order valence-corrected chi connectivity index (χ4v) is 4.41. The molecule has 1 atom stereocenters. The second-order valence-electron chi connectivity index (χ2n) is 6.16. The van der Waals surface area contributed by atoms with Gasteiger partial charge in [0.2, 0.25) is 0 Å². The number of nitrogens with two attached hydrogens (primary N) is 1. The van der Waals surface area contributed by atoms with Crippen LogP contribution in [-0.2, 0) is 10.0 Å². The Hall–Kier alpha value is -3.38. The van der Waals surface area contributed by atoms with E-state index >= 15 is 0 Å². The fraction of sp³-hybridized carbons (Fsp3) is 0.167. The maximum Gasteiger partial charge on any atom is 0.269 e. The van der Waals surface area contributed by atoms with Crippen LogP contribution in [0.1, 0.15) is 17.0 Å². The first-order valence-electron chi connectivity index (χ1n) is 7.99. The molecule has 0 aromatic heterocycles. The summed E-state index contributed by atoms with van der Waals surface area (Å²) in [5, 5.41) is 20.2. The quantitative estimate of drug-likeness (QED) is 0.636. The zero-order chi connectivity index (χ0) is 19.8. The van der Waals surface area contributed by atoms with Crippen molar-refractivity contribution >= 4 is 15.7 Å². The molecular formula is C18H16N4O4S. The highest BCUT2D eigenvalue weighted by Gasteiger charge is 2.38. The van der Waals surface area contributed by atoms with E-state index in [-0.39, 0.29) is 28.5 Å². The zero-order valence-corrected chi connectivity index (χ0v) is 15.2. The Morgan fingerprint density at radius 1 is 1.19 bits per heavy atom. The third-order valence-corrected chi connectivity index (χ3v) is 6.27. The molecule has 27 heavy (non-hydrogen) atoms. The Morgan fingerprint density at radius 3 is 2.30 bits per heavy atom. The normalized spacial score (nSPS) is 17.0. The molecule has 0 aliphatic carbocycles. The molecule has 0 saturated carbocycles. The lowest BCUT2D eigenvalue weighted by atomic mass is 9.93. The Labute approximate surface area is 156 Å². The summed E-state index contributed by atoms with van der Waals surface area (Å²) < 4.78 is 26.9. The van der Waals surface area contributed by atoms with Gasteiger partial charge < -0.3 is 5.73 Å². The van der Waals surface area contributed by atoms with Gasteiger partial charge in [-0.05, 0) is 24.6 Å². The largest absolute Gasteiger partial charge is 0.384 e. The number of nitro groups is 1. The van der Waals surface area contributed by atoms with Gasteiger partial charge in [0.05, 0.1) is 21.5 Å². The van der Waals surface area contributed by atoms with Crippen molar-refractivity contribution in [1.29, 1.82) is 5.26 Å². The second-order valence-corrected chi connectivity index (χ2v) is 8.02. The Kier molecular flexibility index (Phi) is 4.59. The van der Waals surface area contributed by atoms with Crippen LogP contribution in [-0.4, -0.2) is 24.2 Å². The highest BCUT2D eigenvalue weighted by Crippen LogP contribution is 2.37. The molecule has 0 fully saturated rings. The van der Waals surface area contributed by atoms with E-state index in [2.05, 4.69) is 0 Å². The minimum Gasteiger partial charge on any atom is -0.384 e. The summed E-state index contributed by atoms with van der Waals surface area (Å²) in [5.74, 6) is -0.593. The van der Waals surface area contributed by atoms with Crippen molar-refractivity contribution in [1.82, 2.24) is 4.31 Å². The van der Waals surface area contributed by atoms with Gasteiger partial charge in [0.1, 0.15) is 5.82 Å². The highest BCUT2D eigenvalue weighted by atomic mass is 32.2. The van der Waals surface area contributed by atoms with Crippen LogP contribution in [0.2, 0.25) is 0 Å². The van der Waals surface area contributed by atoms with Crippen LogP contribution in [0.25, 0.3) is 0 Å². The van der Waals surface area contributed by atoms with E-state index in [0.29, 0.717) is 0 Å². The molecule has 2 aromatic carbocycles. The first-order chi connectivity index (χ1) is 12.8. The summed E-state index contributed by atoms with van der Waals surface area (Å²) in [6, 6.07) is 14.0. The van der Waals surface area contributed by atoms with Gasteiger partial charge >= 0.3 is 0 Å². The minimum atomic E-state index is -4.05. The zero-order valence-electron chi connectivity index (χ0n) is 14.4. The molecular weight excluding hydrogens is 368 g/mol. The Bertz CT molecular complexity index is 1070. The summed E-state index contributed by atoms with van der Waals surface area (Å²) in [4.78, 5) is 10.0. The average molecular weight is 384 g/mol. The lowest BCUT2D eigenvalue weighted by Gasteiger charge is -2.20. The van der Waals surface area contributed by atoms with Crippen LogP contribution in [0, 0.1) is 28.4 Å². The van der Waals surface area contributed by atoms with Crippen molar-refractivity contribution in [2.24, 2.45) is 5.73 Å². The predicted octanol–water partition coefficient (Wildman–Crippen LogP) is 2.39. The number of non-ortho nitro benzene ring substituents is 1. The molecule has 2 aromatic rings. The third-order valence-electron chi connectivity index (χ3n) is 4.48. The number of nitrogens with zero attached hydrogens (tertiary/aromatic N) is 3. The average Bonchev–Trinajstić information content (AvgIpc) is 2.99. The van der Waals surface area contributed by atoms with Crippen molar-refractivity contribution in [2.75, 3.05) is 6.54 Å². The van der Waals surface area contributed by atoms with Crippen molar-refractivity contribution in [3.8, 4) is 6.07 Å². The summed E-state index contributed by atoms with van der Waals surface area (Å²) in [7, 11) is -4.05. The number of aryl methyl sites for hydroxylation is 1. The van der Waals surface area contributed by atoms with Gasteiger partial charge in [0.25, 0.3) is 15.7 Å². The molecule has 0 spiro atoms. The van der Waals surface area contributed by atoms with E-state index in [4.69, 9.17) is 5.73 Å². The maximum absolute atomic E-state index is 13.0. The van der Waals surface area contributed by atoms with Gasteiger partial charge in [-0.25, -0.2) is 8.42 Å². The summed E-state index contributed by atoms with van der Waals surface area (Å²) in [5.41, 5.74) is 7.80. The lowest BCUT2D eigenvalue weighted by Crippen LogP contribution is -2.32. The molecule has 0 radical (unpaired) electrons. The molecule has 3 rings (SSSR count). The van der Waals surface area contributed by atoms with Gasteiger partial charge in [-0.3, -0.25) is 14.4 Å². The number of benzene rings is 2. The van der Waals surface area contributed by atoms with Crippen LogP contribution in [0.5, 0.6) is 0 Å². The molecule has 0 saturated heterocycles. The van der Waals surface area contributed by atoms with E-state index in [1.54, 1.807) is 0 Å². The smallest absolute Gasteiger partial charge is 0.269 e. The maximum atomic E-state index is 13.0. The predicted molar refractivity (Wildman–Crippen MR) is 97.7 cm³/mol. The van der Waals surface area contributed by atoms with Crippen LogP contribution >= 0.6 is 0 Å². The molecule has 0 amide bonds. The molecule has 1 unspecified atom stereocenters. The third kappa shape index (κ3) is 3.22. The van der Waals surface area contributed by atoms with Crippen molar-refractivity contribution in [3.63, 3.8) is 0 Å². The number of rotatable bonds is 4. The minimum absolute atomic E-state index is 0.00287. The number of sulfonamides is 1. The highest BCUT2D eigenvalue weighted by molar-refractivity contribution is 7.89. The molecule has 1 heterocycles. The standard InChI is InChI=1S/C18H16N4O4S/c1-12-2-4-13(5-3-12)17-11-21(18(20)16(17)10-19)27(25,26)15-8-6-14(7-9-15)22(23)24/h2-9,17H,11,20H2,1H3. The van der Waals surface area contributed by atoms with Crippen molar-refractivity contribution in [2.45, 2.75) is 17.7 Å². The second kappa shape index (κ2) is 6.74. The molecule has 0 bridgehead atoms. The van der Waals surface area contributed by atoms with Crippen LogP contribution in [0.15, 0.2) is 64.8 Å². The van der Waals surface area contributed by atoms with E-state index in [9.17, 15) is 23.8 Å². The van der Waals surface area contributed by atoms with Gasteiger partial charge in [-0.2, -0.15) is 5.26 Å². The molecule has 1 aliphatic rings. The van der Waals surface area contributed by atoms with E-state index in [1.165, 1.54) is 0 Å². The van der Waals surface area contributed by atoms with Gasteiger partial charge in [0.15, 0.2) is 0 Å². The fourth-order valence-electron chi connectivity index (χ4n) is 2.97. The van der Waals surface area contributed by atoms with Crippen LogP contribution in [0.3, 0.4) is 0 Å². The first kappa shape index (κ1) is 18.4. The Morgan fingerprint density at radius 2 is 1.78 bits per heavy atom. The lowest BCUT2D eigenvalue weighted by molar-refractivity contribution is -0.384. The summed E-state index contributed by atoms with van der Waals surface area (Å²) in [6.45, 7) is 1.93. The molecule has 8 nitrogen and oxygen atoms in total. The number of hydrogen-bond acceptors (Lipinski definition) is 6. The summed E-state index contributed by atoms with van der Waals surface area (Å²) >= 11 is 0. The van der Waals surface area contributed by atoms with E-state index in [1.807, 2.05) is 37.3 Å². The van der Waals surface area contributed by atoms with E-state index in [0.717, 1.165) is 39.7 Å². The SMILES string of the molecule is Cc1ccc(C2CN(S(=O)(=O)c3ccc([N+](=O)[O-])cc3)C(N)=C2C#N)cc1. The van der Waals surface area contributed by atoms with Crippen molar-refractivity contribution < 1.29 is 13.3 Å². The monoisotopic (exact) mass is 384 g/mol.